The first-order chi connectivity index (χ1) is 12.7. The summed E-state index contributed by atoms with van der Waals surface area (Å²) in [4.78, 5) is 22.3. The van der Waals surface area contributed by atoms with Crippen LogP contribution in [-0.2, 0) is 4.79 Å². The van der Waals surface area contributed by atoms with Crippen molar-refractivity contribution in [3.8, 4) is 0 Å². The van der Waals surface area contributed by atoms with Gasteiger partial charge in [-0.25, -0.2) is 10.5 Å². The fourth-order valence-electron chi connectivity index (χ4n) is 3.98. The Balaban J connectivity index is 0.00000196. The lowest BCUT2D eigenvalue weighted by Gasteiger charge is -2.38. The number of aromatic nitrogens is 2. The Bertz CT molecular complexity index is 607. The van der Waals surface area contributed by atoms with Crippen LogP contribution in [0.25, 0.3) is 6.08 Å². The maximum absolute atomic E-state index is 11.0. The molecule has 1 amide bonds. The fourth-order valence-corrected chi connectivity index (χ4v) is 3.98. The zero-order valence-electron chi connectivity index (χ0n) is 16.0. The van der Waals surface area contributed by atoms with E-state index >= 15 is 0 Å². The zero-order chi connectivity index (χ0) is 18.2. The van der Waals surface area contributed by atoms with Gasteiger partial charge in [0.25, 0.3) is 5.91 Å². The van der Waals surface area contributed by atoms with Crippen LogP contribution in [0.1, 0.15) is 57.1 Å². The second-order valence-electron chi connectivity index (χ2n) is 7.26. The summed E-state index contributed by atoms with van der Waals surface area (Å²) in [5, 5.41) is 12.0. The molecule has 0 unspecified atom stereocenters. The number of halogens is 2. The molecular weight excluding hydrogens is 401 g/mol. The van der Waals surface area contributed by atoms with E-state index in [-0.39, 0.29) is 24.8 Å². The number of hydroxylamine groups is 1. The third-order valence-electron chi connectivity index (χ3n) is 5.33. The van der Waals surface area contributed by atoms with Crippen LogP contribution in [0, 0.1) is 0 Å². The summed E-state index contributed by atoms with van der Waals surface area (Å²) in [6, 6.07) is 1.15. The van der Waals surface area contributed by atoms with Gasteiger partial charge in [0.15, 0.2) is 0 Å². The van der Waals surface area contributed by atoms with Crippen molar-refractivity contribution >= 4 is 42.6 Å². The van der Waals surface area contributed by atoms with E-state index in [1.807, 2.05) is 0 Å². The summed E-state index contributed by atoms with van der Waals surface area (Å²) in [5.41, 5.74) is 2.12. The summed E-state index contributed by atoms with van der Waals surface area (Å²) in [6.45, 7) is 2.29. The van der Waals surface area contributed by atoms with Crippen molar-refractivity contribution in [1.82, 2.24) is 20.3 Å². The molecule has 7 nitrogen and oxygen atoms in total. The first-order valence-corrected chi connectivity index (χ1v) is 9.69. The average molecular weight is 432 g/mol. The third kappa shape index (κ3) is 7.54. The maximum atomic E-state index is 11.0. The van der Waals surface area contributed by atoms with E-state index in [0.29, 0.717) is 11.7 Å². The predicted molar refractivity (Wildman–Crippen MR) is 115 cm³/mol. The molecule has 0 spiro atoms. The molecule has 9 heteroatoms. The van der Waals surface area contributed by atoms with Crippen molar-refractivity contribution in [3.05, 3.63) is 24.2 Å². The minimum Gasteiger partial charge on any atom is -0.365 e. The Kier molecular flexibility index (Phi) is 11.4. The van der Waals surface area contributed by atoms with E-state index < -0.39 is 5.91 Å². The Hall–Kier alpha value is -1.41. The SMILES string of the molecule is Cl.Cl.O=C(/C=C/c1cnc(N[C@@H]2CCCN(C3CCCCCC3)C2)cn1)NO. The van der Waals surface area contributed by atoms with Crippen LogP contribution in [0.15, 0.2) is 18.5 Å². The number of nitrogens with zero attached hydrogens (tertiary/aromatic N) is 3. The van der Waals surface area contributed by atoms with E-state index in [2.05, 4.69) is 20.2 Å². The van der Waals surface area contributed by atoms with Gasteiger partial charge in [-0.3, -0.25) is 19.9 Å². The van der Waals surface area contributed by atoms with Crippen molar-refractivity contribution in [1.29, 1.82) is 0 Å². The normalized spacial score (nSPS) is 21.2. The number of hydrogen-bond acceptors (Lipinski definition) is 6. The lowest BCUT2D eigenvalue weighted by atomic mass is 10.00. The number of likely N-dealkylation sites (tertiary alicyclic amines) is 1. The number of nitrogens with one attached hydrogen (secondary N) is 2. The standard InChI is InChI=1S/C19H29N5O2.2ClH/c25-19(23-26)10-9-15-12-21-18(13-20-15)22-16-6-5-11-24(14-16)17-7-3-1-2-4-8-17;;/h9-10,12-13,16-17,26H,1-8,11,14H2,(H,21,22)(H,23,25);2*1H/b10-9+;;/t16-;;/m1../s1. The molecule has 28 heavy (non-hydrogen) atoms. The van der Waals surface area contributed by atoms with E-state index in [1.54, 1.807) is 17.9 Å². The van der Waals surface area contributed by atoms with Crippen molar-refractivity contribution in [3.63, 3.8) is 0 Å². The quantitative estimate of drug-likeness (QED) is 0.286. The molecule has 1 aromatic heterocycles. The van der Waals surface area contributed by atoms with Gasteiger partial charge in [0.05, 0.1) is 18.1 Å². The lowest BCUT2D eigenvalue weighted by molar-refractivity contribution is -0.124. The molecule has 0 bridgehead atoms. The molecule has 2 fully saturated rings. The molecule has 1 saturated carbocycles. The molecule has 1 aromatic rings. The smallest absolute Gasteiger partial charge is 0.267 e. The Morgan fingerprint density at radius 3 is 2.46 bits per heavy atom. The molecular formula is C19H31Cl2N5O2. The van der Waals surface area contributed by atoms with E-state index in [9.17, 15) is 4.79 Å². The van der Waals surface area contributed by atoms with Crippen molar-refractivity contribution in [2.24, 2.45) is 0 Å². The summed E-state index contributed by atoms with van der Waals surface area (Å²) < 4.78 is 0. The third-order valence-corrected chi connectivity index (χ3v) is 5.33. The van der Waals surface area contributed by atoms with Crippen molar-refractivity contribution < 1.29 is 10.0 Å². The Morgan fingerprint density at radius 1 is 1.07 bits per heavy atom. The van der Waals surface area contributed by atoms with Crippen LogP contribution in [0.2, 0.25) is 0 Å². The molecule has 1 aliphatic carbocycles. The van der Waals surface area contributed by atoms with E-state index in [1.165, 1.54) is 63.6 Å². The first kappa shape index (κ1) is 24.6. The average Bonchev–Trinajstić information content (AvgIpc) is 2.97. The van der Waals surface area contributed by atoms with Gasteiger partial charge in [0, 0.05) is 24.7 Å². The largest absolute Gasteiger partial charge is 0.365 e. The van der Waals surface area contributed by atoms with Crippen LogP contribution in [-0.4, -0.2) is 51.2 Å². The summed E-state index contributed by atoms with van der Waals surface area (Å²) in [5.74, 6) is 0.177. The second kappa shape index (κ2) is 12.9. The highest BCUT2D eigenvalue weighted by molar-refractivity contribution is 5.90. The molecule has 1 saturated heterocycles. The van der Waals surface area contributed by atoms with Gasteiger partial charge in [-0.2, -0.15) is 0 Å². The fraction of sp³-hybridized carbons (Fsp3) is 0.632. The summed E-state index contributed by atoms with van der Waals surface area (Å²) in [6.07, 6.45) is 16.6. The number of anilines is 1. The van der Waals surface area contributed by atoms with Crippen LogP contribution in [0.5, 0.6) is 0 Å². The van der Waals surface area contributed by atoms with E-state index in [0.717, 1.165) is 24.8 Å². The van der Waals surface area contributed by atoms with Gasteiger partial charge in [-0.15, -0.1) is 24.8 Å². The second-order valence-corrected chi connectivity index (χ2v) is 7.26. The minimum absolute atomic E-state index is 0. The molecule has 0 radical (unpaired) electrons. The summed E-state index contributed by atoms with van der Waals surface area (Å²) >= 11 is 0. The van der Waals surface area contributed by atoms with Crippen molar-refractivity contribution in [2.75, 3.05) is 18.4 Å². The Morgan fingerprint density at radius 2 is 1.82 bits per heavy atom. The van der Waals surface area contributed by atoms with Gasteiger partial charge in [0.2, 0.25) is 0 Å². The number of piperidine rings is 1. The summed E-state index contributed by atoms with van der Waals surface area (Å²) in [7, 11) is 0. The number of amides is 1. The van der Waals surface area contributed by atoms with Gasteiger partial charge in [-0.1, -0.05) is 25.7 Å². The van der Waals surface area contributed by atoms with Crippen LogP contribution in [0.3, 0.4) is 0 Å². The molecule has 3 rings (SSSR count). The number of carbonyl (C=O) groups excluding carboxylic acids is 1. The number of carbonyl (C=O) groups is 1. The molecule has 2 aliphatic rings. The minimum atomic E-state index is -0.588. The van der Waals surface area contributed by atoms with Crippen LogP contribution in [0.4, 0.5) is 5.82 Å². The van der Waals surface area contributed by atoms with Crippen molar-refractivity contribution in [2.45, 2.75) is 63.5 Å². The number of hydrogen-bond donors (Lipinski definition) is 3. The van der Waals surface area contributed by atoms with E-state index in [4.69, 9.17) is 5.21 Å². The van der Waals surface area contributed by atoms with Gasteiger partial charge >= 0.3 is 0 Å². The Labute approximate surface area is 179 Å². The molecule has 0 aromatic carbocycles. The monoisotopic (exact) mass is 431 g/mol. The zero-order valence-corrected chi connectivity index (χ0v) is 17.7. The van der Waals surface area contributed by atoms with Crippen LogP contribution < -0.4 is 10.8 Å². The first-order valence-electron chi connectivity index (χ1n) is 9.69. The number of rotatable bonds is 5. The van der Waals surface area contributed by atoms with Gasteiger partial charge < -0.3 is 5.32 Å². The molecule has 158 valence electrons. The molecule has 3 N–H and O–H groups in total. The maximum Gasteiger partial charge on any atom is 0.267 e. The molecule has 1 aliphatic heterocycles. The molecule has 1 atom stereocenters. The highest BCUT2D eigenvalue weighted by atomic mass is 35.5. The topological polar surface area (TPSA) is 90.4 Å². The van der Waals surface area contributed by atoms with Gasteiger partial charge in [-0.05, 0) is 38.3 Å². The van der Waals surface area contributed by atoms with Gasteiger partial charge in [0.1, 0.15) is 5.82 Å². The van der Waals surface area contributed by atoms with Crippen LogP contribution >= 0.6 is 24.8 Å². The molecule has 2 heterocycles. The lowest BCUT2D eigenvalue weighted by Crippen LogP contribution is -2.47. The highest BCUT2D eigenvalue weighted by Crippen LogP contribution is 2.25. The predicted octanol–water partition coefficient (Wildman–Crippen LogP) is 3.44. The highest BCUT2D eigenvalue weighted by Gasteiger charge is 2.26.